The third kappa shape index (κ3) is 4.12. The van der Waals surface area contributed by atoms with Crippen molar-refractivity contribution in [2.24, 2.45) is 0 Å². The van der Waals surface area contributed by atoms with Gasteiger partial charge in [-0.3, -0.25) is 0 Å². The van der Waals surface area contributed by atoms with Gasteiger partial charge in [-0.05, 0) is 18.2 Å². The first-order valence-corrected chi connectivity index (χ1v) is 11.3. The number of nitrogens with zero attached hydrogens (tertiary/aromatic N) is 4. The zero-order valence-corrected chi connectivity index (χ0v) is 18.0. The van der Waals surface area contributed by atoms with Gasteiger partial charge in [-0.15, -0.1) is 0 Å². The molecule has 9 heteroatoms. The van der Waals surface area contributed by atoms with Crippen LogP contribution in [-0.2, 0) is 10.0 Å². The lowest BCUT2D eigenvalue weighted by molar-refractivity contribution is 0.383. The monoisotopic (exact) mass is 444 g/mol. The van der Waals surface area contributed by atoms with Crippen molar-refractivity contribution in [2.45, 2.75) is 4.90 Å². The molecule has 4 rings (SSSR count). The van der Waals surface area contributed by atoms with Gasteiger partial charge in [0.15, 0.2) is 0 Å². The number of ether oxygens (including phenoxy) is 1. The Morgan fingerprint density at radius 1 is 0.967 bits per heavy atom. The van der Waals surface area contributed by atoms with Crippen LogP contribution in [0.2, 0.25) is 5.02 Å². The molecule has 0 spiro atoms. The van der Waals surface area contributed by atoms with E-state index in [4.69, 9.17) is 16.3 Å². The van der Waals surface area contributed by atoms with Crippen LogP contribution in [0.15, 0.2) is 65.8 Å². The number of piperazine rings is 1. The average molecular weight is 445 g/mol. The van der Waals surface area contributed by atoms with Crippen molar-refractivity contribution < 1.29 is 13.2 Å². The highest BCUT2D eigenvalue weighted by atomic mass is 35.5. The highest BCUT2D eigenvalue weighted by Crippen LogP contribution is 2.29. The van der Waals surface area contributed by atoms with Gasteiger partial charge in [0.1, 0.15) is 17.9 Å². The molecular weight excluding hydrogens is 424 g/mol. The van der Waals surface area contributed by atoms with E-state index in [1.807, 2.05) is 36.4 Å². The number of sulfonamides is 1. The van der Waals surface area contributed by atoms with Gasteiger partial charge < -0.3 is 9.64 Å². The zero-order valence-electron chi connectivity index (χ0n) is 16.4. The van der Waals surface area contributed by atoms with Crippen LogP contribution in [0.25, 0.3) is 11.3 Å². The topological polar surface area (TPSA) is 75.6 Å². The summed E-state index contributed by atoms with van der Waals surface area (Å²) in [6.45, 7) is 1.79. The number of methoxy groups -OCH3 is 1. The minimum atomic E-state index is -3.63. The molecule has 7 nitrogen and oxygen atoms in total. The van der Waals surface area contributed by atoms with E-state index in [1.165, 1.54) is 23.5 Å². The van der Waals surface area contributed by atoms with Crippen molar-refractivity contribution in [3.63, 3.8) is 0 Å². The zero-order chi connectivity index (χ0) is 21.1. The number of hydrogen-bond acceptors (Lipinski definition) is 6. The van der Waals surface area contributed by atoms with Gasteiger partial charge in [0.2, 0.25) is 10.0 Å². The molecule has 0 bridgehead atoms. The summed E-state index contributed by atoms with van der Waals surface area (Å²) in [6, 6.07) is 16.3. The van der Waals surface area contributed by atoms with E-state index >= 15 is 0 Å². The van der Waals surface area contributed by atoms with Gasteiger partial charge in [-0.2, -0.15) is 4.31 Å². The summed E-state index contributed by atoms with van der Waals surface area (Å²) in [7, 11) is -2.14. The van der Waals surface area contributed by atoms with E-state index in [9.17, 15) is 8.42 Å². The van der Waals surface area contributed by atoms with Crippen molar-refractivity contribution >= 4 is 27.4 Å². The normalized spacial score (nSPS) is 15.2. The van der Waals surface area contributed by atoms with Gasteiger partial charge in [0.25, 0.3) is 0 Å². The quantitative estimate of drug-likeness (QED) is 0.601. The molecule has 1 aliphatic heterocycles. The van der Waals surface area contributed by atoms with Gasteiger partial charge in [0, 0.05) is 37.8 Å². The summed E-state index contributed by atoms with van der Waals surface area (Å²) in [5, 5.41) is 0.270. The molecule has 0 unspecified atom stereocenters. The lowest BCUT2D eigenvalue weighted by Crippen LogP contribution is -2.48. The summed E-state index contributed by atoms with van der Waals surface area (Å²) in [4.78, 5) is 11.0. The summed E-state index contributed by atoms with van der Waals surface area (Å²) >= 11 is 6.11. The Kier molecular flexibility index (Phi) is 5.90. The first-order valence-electron chi connectivity index (χ1n) is 9.45. The Balaban J connectivity index is 1.48. The third-order valence-electron chi connectivity index (χ3n) is 5.05. The van der Waals surface area contributed by atoms with Crippen molar-refractivity contribution in [1.29, 1.82) is 0 Å². The fourth-order valence-electron chi connectivity index (χ4n) is 3.40. The van der Waals surface area contributed by atoms with Gasteiger partial charge in [-0.1, -0.05) is 41.9 Å². The summed E-state index contributed by atoms with van der Waals surface area (Å²) in [5.74, 6) is 1.23. The molecule has 0 amide bonds. The Bertz CT molecular complexity index is 1130. The number of rotatable bonds is 5. The standard InChI is InChI=1S/C21H21ClN4O3S/c1-29-20-8-7-17(13-18(20)22)30(27,28)26-11-9-25(10-12-26)21-14-19(23-15-24-21)16-5-3-2-4-6-16/h2-8,13-15H,9-12H2,1H3. The van der Waals surface area contributed by atoms with Gasteiger partial charge in [0.05, 0.1) is 22.7 Å². The Labute approximate surface area is 181 Å². The van der Waals surface area contributed by atoms with Crippen molar-refractivity contribution in [3.05, 3.63) is 65.9 Å². The van der Waals surface area contributed by atoms with Crippen molar-refractivity contribution in [2.75, 3.05) is 38.2 Å². The predicted molar refractivity (Wildman–Crippen MR) is 116 cm³/mol. The fourth-order valence-corrected chi connectivity index (χ4v) is 5.17. The fraction of sp³-hybridized carbons (Fsp3) is 0.238. The Hall–Kier alpha value is -2.68. The summed E-state index contributed by atoms with van der Waals surface area (Å²) in [5.41, 5.74) is 1.85. The predicted octanol–water partition coefficient (Wildman–Crippen LogP) is 3.32. The average Bonchev–Trinajstić information content (AvgIpc) is 2.80. The second kappa shape index (κ2) is 8.59. The van der Waals surface area contributed by atoms with E-state index in [-0.39, 0.29) is 9.92 Å². The second-order valence-electron chi connectivity index (χ2n) is 6.81. The minimum absolute atomic E-state index is 0.162. The van der Waals surface area contributed by atoms with Crippen LogP contribution in [0.1, 0.15) is 0 Å². The van der Waals surface area contributed by atoms with Crippen LogP contribution in [0.4, 0.5) is 5.82 Å². The molecule has 0 aliphatic carbocycles. The van der Waals surface area contributed by atoms with E-state index in [0.29, 0.717) is 31.9 Å². The molecule has 0 atom stereocenters. The van der Waals surface area contributed by atoms with Crippen LogP contribution in [0.5, 0.6) is 5.75 Å². The Morgan fingerprint density at radius 3 is 2.37 bits per heavy atom. The van der Waals surface area contributed by atoms with E-state index in [1.54, 1.807) is 12.4 Å². The summed E-state index contributed by atoms with van der Waals surface area (Å²) < 4.78 is 32.6. The van der Waals surface area contributed by atoms with Crippen LogP contribution in [0.3, 0.4) is 0 Å². The van der Waals surface area contributed by atoms with Crippen LogP contribution >= 0.6 is 11.6 Å². The number of benzene rings is 2. The molecule has 1 fully saturated rings. The number of aromatic nitrogens is 2. The molecule has 2 aromatic carbocycles. The maximum absolute atomic E-state index is 13.0. The molecule has 1 saturated heterocycles. The molecule has 3 aromatic rings. The first kappa shape index (κ1) is 20.6. The molecule has 156 valence electrons. The molecule has 2 heterocycles. The largest absolute Gasteiger partial charge is 0.495 e. The number of anilines is 1. The van der Waals surface area contributed by atoms with Crippen molar-refractivity contribution in [3.8, 4) is 17.0 Å². The van der Waals surface area contributed by atoms with Crippen LogP contribution in [-0.4, -0.2) is 56.0 Å². The number of halogens is 1. The maximum Gasteiger partial charge on any atom is 0.243 e. The highest BCUT2D eigenvalue weighted by Gasteiger charge is 2.29. The first-order chi connectivity index (χ1) is 14.5. The molecule has 1 aliphatic rings. The van der Waals surface area contributed by atoms with E-state index in [0.717, 1.165) is 17.1 Å². The van der Waals surface area contributed by atoms with Gasteiger partial charge >= 0.3 is 0 Å². The molecule has 30 heavy (non-hydrogen) atoms. The molecule has 0 saturated carbocycles. The smallest absolute Gasteiger partial charge is 0.243 e. The van der Waals surface area contributed by atoms with Gasteiger partial charge in [-0.25, -0.2) is 18.4 Å². The molecule has 0 N–H and O–H groups in total. The second-order valence-corrected chi connectivity index (χ2v) is 9.16. The Morgan fingerprint density at radius 2 is 1.70 bits per heavy atom. The van der Waals surface area contributed by atoms with E-state index in [2.05, 4.69) is 14.9 Å². The van der Waals surface area contributed by atoms with Crippen LogP contribution in [0, 0.1) is 0 Å². The molecular formula is C21H21ClN4O3S. The summed E-state index contributed by atoms with van der Waals surface area (Å²) in [6.07, 6.45) is 1.54. The molecule has 1 aromatic heterocycles. The minimum Gasteiger partial charge on any atom is -0.495 e. The van der Waals surface area contributed by atoms with Crippen LogP contribution < -0.4 is 9.64 Å². The lowest BCUT2D eigenvalue weighted by Gasteiger charge is -2.34. The highest BCUT2D eigenvalue weighted by molar-refractivity contribution is 7.89. The number of hydrogen-bond donors (Lipinski definition) is 0. The SMILES string of the molecule is COc1ccc(S(=O)(=O)N2CCN(c3cc(-c4ccccc4)ncn3)CC2)cc1Cl. The molecule has 0 radical (unpaired) electrons. The van der Waals surface area contributed by atoms with Crippen molar-refractivity contribution in [1.82, 2.24) is 14.3 Å². The maximum atomic E-state index is 13.0. The third-order valence-corrected chi connectivity index (χ3v) is 7.24. The lowest BCUT2D eigenvalue weighted by atomic mass is 10.1. The van der Waals surface area contributed by atoms with E-state index < -0.39 is 10.0 Å².